The molecule has 0 unspecified atom stereocenters. The summed E-state index contributed by atoms with van der Waals surface area (Å²) in [7, 11) is 0. The summed E-state index contributed by atoms with van der Waals surface area (Å²) in [6.45, 7) is 0. The molecule has 14 heavy (non-hydrogen) atoms. The summed E-state index contributed by atoms with van der Waals surface area (Å²) < 4.78 is 17.2. The minimum atomic E-state index is -1.17. The summed E-state index contributed by atoms with van der Waals surface area (Å²) in [4.78, 5) is 22.9. The molecule has 0 aliphatic carbocycles. The van der Waals surface area contributed by atoms with Crippen molar-refractivity contribution in [1.82, 2.24) is 0 Å². The maximum Gasteiger partial charge on any atom is 0.450 e. The summed E-state index contributed by atoms with van der Waals surface area (Å²) in [5, 5.41) is -0.0938. The van der Waals surface area contributed by atoms with Gasteiger partial charge in [-0.15, -0.1) is 0 Å². The van der Waals surface area contributed by atoms with Gasteiger partial charge in [-0.3, -0.25) is 0 Å². The van der Waals surface area contributed by atoms with Crippen molar-refractivity contribution in [2.75, 3.05) is 0 Å². The van der Waals surface area contributed by atoms with Crippen LogP contribution < -0.4 is 4.74 Å². The van der Waals surface area contributed by atoms with Crippen LogP contribution in [0.15, 0.2) is 23.2 Å². The van der Waals surface area contributed by atoms with Crippen LogP contribution in [0.25, 0.3) is 0 Å². The Labute approximate surface area is 83.0 Å². The highest BCUT2D eigenvalue weighted by atomic mass is 35.5. The maximum atomic E-state index is 12.8. The van der Waals surface area contributed by atoms with Crippen LogP contribution in [0.4, 0.5) is 9.18 Å². The quantitative estimate of drug-likeness (QED) is 0.534. The highest BCUT2D eigenvalue weighted by molar-refractivity contribution is 6.30. The van der Waals surface area contributed by atoms with Gasteiger partial charge in [0.2, 0.25) is 6.08 Å². The van der Waals surface area contributed by atoms with Gasteiger partial charge in [0.05, 0.1) is 5.02 Å². The number of ether oxygens (including phenoxy) is 1. The first-order chi connectivity index (χ1) is 6.63. The largest absolute Gasteiger partial charge is 0.450 e. The van der Waals surface area contributed by atoms with Gasteiger partial charge in [-0.2, -0.15) is 0 Å². The van der Waals surface area contributed by atoms with Crippen molar-refractivity contribution in [2.24, 2.45) is 4.99 Å². The Bertz CT molecular complexity index is 415. The fourth-order valence-corrected chi connectivity index (χ4v) is 0.819. The number of nitrogens with zero attached hydrogens (tertiary/aromatic N) is 1. The number of aliphatic imine (C=N–C) groups is 1. The third-order valence-electron chi connectivity index (χ3n) is 1.23. The zero-order chi connectivity index (χ0) is 10.6. The van der Waals surface area contributed by atoms with Crippen LogP contribution in [0.5, 0.6) is 5.75 Å². The molecular weight excluding hydrogens is 213 g/mol. The smallest absolute Gasteiger partial charge is 0.408 e. The van der Waals surface area contributed by atoms with E-state index in [0.29, 0.717) is 0 Å². The number of hydrogen-bond acceptors (Lipinski definition) is 3. The Kier molecular flexibility index (Phi) is 3.34. The van der Waals surface area contributed by atoms with Crippen LogP contribution >= 0.6 is 11.6 Å². The molecule has 0 radical (unpaired) electrons. The Morgan fingerprint density at radius 1 is 1.57 bits per heavy atom. The summed E-state index contributed by atoms with van der Waals surface area (Å²) in [6.07, 6.45) is -0.171. The molecule has 0 aliphatic rings. The van der Waals surface area contributed by atoms with Crippen LogP contribution in [-0.2, 0) is 4.79 Å². The second-order valence-corrected chi connectivity index (χ2v) is 2.55. The highest BCUT2D eigenvalue weighted by Crippen LogP contribution is 2.20. The second kappa shape index (κ2) is 4.50. The second-order valence-electron chi connectivity index (χ2n) is 2.15. The molecule has 1 aromatic rings. The number of carbonyl (C=O) groups is 1. The topological polar surface area (TPSA) is 55.7 Å². The van der Waals surface area contributed by atoms with E-state index in [1.807, 2.05) is 0 Å². The van der Waals surface area contributed by atoms with Crippen LogP contribution in [0, 0.1) is 5.82 Å². The molecule has 0 fully saturated rings. The van der Waals surface area contributed by atoms with E-state index in [9.17, 15) is 14.0 Å². The van der Waals surface area contributed by atoms with Crippen molar-refractivity contribution < 1.29 is 18.7 Å². The van der Waals surface area contributed by atoms with E-state index in [1.54, 1.807) is 0 Å². The molecule has 0 heterocycles. The summed E-state index contributed by atoms with van der Waals surface area (Å²) >= 11 is 5.38. The lowest BCUT2D eigenvalue weighted by Gasteiger charge is -1.99. The van der Waals surface area contributed by atoms with Crippen molar-refractivity contribution in [3.63, 3.8) is 0 Å². The SMILES string of the molecule is O=C=NC(=O)Oc1ccc(Cl)c(F)c1. The number of isocyanates is 1. The minimum Gasteiger partial charge on any atom is -0.408 e. The normalized spacial score (nSPS) is 9.00. The van der Waals surface area contributed by atoms with E-state index >= 15 is 0 Å². The first kappa shape index (κ1) is 10.4. The lowest BCUT2D eigenvalue weighted by atomic mass is 10.3. The van der Waals surface area contributed by atoms with Crippen molar-refractivity contribution in [3.8, 4) is 5.75 Å². The van der Waals surface area contributed by atoms with Crippen molar-refractivity contribution >= 4 is 23.8 Å². The van der Waals surface area contributed by atoms with Crippen LogP contribution in [0.2, 0.25) is 5.02 Å². The molecule has 0 aromatic heterocycles. The summed E-state index contributed by atoms with van der Waals surface area (Å²) in [5.41, 5.74) is 0. The number of amides is 1. The van der Waals surface area contributed by atoms with Gasteiger partial charge in [0.1, 0.15) is 11.6 Å². The van der Waals surface area contributed by atoms with Crippen molar-refractivity contribution in [1.29, 1.82) is 0 Å². The number of halogens is 2. The van der Waals surface area contributed by atoms with Gasteiger partial charge in [-0.25, -0.2) is 14.0 Å². The van der Waals surface area contributed by atoms with E-state index in [2.05, 4.69) is 9.73 Å². The van der Waals surface area contributed by atoms with Gasteiger partial charge in [0.15, 0.2) is 0 Å². The maximum absolute atomic E-state index is 12.8. The summed E-state index contributed by atoms with van der Waals surface area (Å²) in [6, 6.07) is 3.38. The Balaban J connectivity index is 2.83. The van der Waals surface area contributed by atoms with Crippen LogP contribution in [0.1, 0.15) is 0 Å². The number of benzene rings is 1. The van der Waals surface area contributed by atoms with Crippen LogP contribution in [0.3, 0.4) is 0 Å². The van der Waals surface area contributed by atoms with E-state index < -0.39 is 11.9 Å². The minimum absolute atomic E-state index is 0.0871. The molecule has 0 saturated carbocycles. The lowest BCUT2D eigenvalue weighted by molar-refractivity contribution is 0.211. The number of carbonyl (C=O) groups excluding carboxylic acids is 2. The third-order valence-corrected chi connectivity index (χ3v) is 1.54. The zero-order valence-electron chi connectivity index (χ0n) is 6.66. The molecule has 0 bridgehead atoms. The average molecular weight is 216 g/mol. The molecule has 1 aromatic carbocycles. The van der Waals surface area contributed by atoms with Gasteiger partial charge in [-0.1, -0.05) is 16.6 Å². The molecule has 6 heteroatoms. The first-order valence-corrected chi connectivity index (χ1v) is 3.76. The first-order valence-electron chi connectivity index (χ1n) is 3.38. The van der Waals surface area contributed by atoms with Gasteiger partial charge >= 0.3 is 6.09 Å². The van der Waals surface area contributed by atoms with E-state index in [4.69, 9.17) is 11.6 Å². The van der Waals surface area contributed by atoms with E-state index in [0.717, 1.165) is 12.1 Å². The molecular formula is C8H3ClFNO3. The zero-order valence-corrected chi connectivity index (χ0v) is 7.42. The average Bonchev–Trinajstić information content (AvgIpc) is 2.12. The molecule has 0 spiro atoms. The molecule has 0 N–H and O–H groups in total. The van der Waals surface area contributed by atoms with Gasteiger partial charge in [0.25, 0.3) is 0 Å². The standard InChI is InChI=1S/C8H3ClFNO3/c9-6-2-1-5(3-7(6)10)14-8(13)11-4-12/h1-3H. The lowest BCUT2D eigenvalue weighted by Crippen LogP contribution is -2.01. The van der Waals surface area contributed by atoms with Crippen molar-refractivity contribution in [3.05, 3.63) is 29.0 Å². The predicted octanol–water partition coefficient (Wildman–Crippen LogP) is 2.31. The molecule has 4 nitrogen and oxygen atoms in total. The van der Waals surface area contributed by atoms with Gasteiger partial charge in [-0.05, 0) is 12.1 Å². The number of hydrogen-bond donors (Lipinski definition) is 0. The van der Waals surface area contributed by atoms with E-state index in [1.165, 1.54) is 12.1 Å². The van der Waals surface area contributed by atoms with Crippen molar-refractivity contribution in [2.45, 2.75) is 0 Å². The third kappa shape index (κ3) is 2.65. The molecule has 1 amide bonds. The van der Waals surface area contributed by atoms with E-state index in [-0.39, 0.29) is 10.8 Å². The van der Waals surface area contributed by atoms with Crippen LogP contribution in [-0.4, -0.2) is 12.2 Å². The summed E-state index contributed by atoms with van der Waals surface area (Å²) in [5.74, 6) is -0.817. The number of rotatable bonds is 1. The Morgan fingerprint density at radius 2 is 2.29 bits per heavy atom. The molecule has 1 rings (SSSR count). The molecule has 0 saturated heterocycles. The predicted molar refractivity (Wildman–Crippen MR) is 45.6 cm³/mol. The fourth-order valence-electron chi connectivity index (χ4n) is 0.701. The Hall–Kier alpha value is -1.71. The monoisotopic (exact) mass is 215 g/mol. The fraction of sp³-hybridized carbons (Fsp3) is 0. The van der Waals surface area contributed by atoms with Gasteiger partial charge < -0.3 is 4.74 Å². The highest BCUT2D eigenvalue weighted by Gasteiger charge is 2.05. The molecule has 72 valence electrons. The molecule has 0 atom stereocenters. The van der Waals surface area contributed by atoms with Gasteiger partial charge in [0, 0.05) is 6.07 Å². The molecule has 0 aliphatic heterocycles. The Morgan fingerprint density at radius 3 is 2.86 bits per heavy atom.